The van der Waals surface area contributed by atoms with Gasteiger partial charge in [-0.1, -0.05) is 23.7 Å². The minimum Gasteiger partial charge on any atom is -0.299 e. The van der Waals surface area contributed by atoms with Crippen molar-refractivity contribution in [2.24, 2.45) is 11.0 Å². The van der Waals surface area contributed by atoms with Crippen LogP contribution < -0.4 is 5.43 Å². The topological polar surface area (TPSA) is 87.8 Å². The van der Waals surface area contributed by atoms with Crippen molar-refractivity contribution in [3.05, 3.63) is 74.8 Å². The molecule has 1 saturated heterocycles. The first-order chi connectivity index (χ1) is 13.5. The van der Waals surface area contributed by atoms with Crippen LogP contribution in [0.5, 0.6) is 0 Å². The van der Waals surface area contributed by atoms with Crippen LogP contribution >= 0.6 is 11.6 Å². The number of hydrogen-bond acceptors (Lipinski definition) is 5. The number of nitro benzene ring substituents is 1. The van der Waals surface area contributed by atoms with Crippen LogP contribution in [0.4, 0.5) is 5.69 Å². The predicted octanol–water partition coefficient (Wildman–Crippen LogP) is 3.61. The summed E-state index contributed by atoms with van der Waals surface area (Å²) in [4.78, 5) is 24.8. The number of piperidine rings is 1. The summed E-state index contributed by atoms with van der Waals surface area (Å²) in [5.74, 6) is -0.153. The van der Waals surface area contributed by atoms with Gasteiger partial charge in [0.2, 0.25) is 5.91 Å². The quantitative estimate of drug-likeness (QED) is 0.455. The highest BCUT2D eigenvalue weighted by Crippen LogP contribution is 2.20. The molecule has 1 amide bonds. The summed E-state index contributed by atoms with van der Waals surface area (Å²) in [6.07, 6.45) is 3.05. The number of hydrogen-bond donors (Lipinski definition) is 1. The summed E-state index contributed by atoms with van der Waals surface area (Å²) in [7, 11) is 0. The molecule has 0 spiro atoms. The van der Waals surface area contributed by atoms with Gasteiger partial charge < -0.3 is 0 Å². The molecular weight excluding hydrogens is 380 g/mol. The van der Waals surface area contributed by atoms with Crippen LogP contribution in [0.25, 0.3) is 0 Å². The molecule has 0 atom stereocenters. The monoisotopic (exact) mass is 400 g/mol. The molecule has 0 radical (unpaired) electrons. The Morgan fingerprint density at radius 1 is 1.18 bits per heavy atom. The summed E-state index contributed by atoms with van der Waals surface area (Å²) in [5, 5.41) is 15.3. The second-order valence-corrected chi connectivity index (χ2v) is 7.20. The molecule has 0 saturated carbocycles. The van der Waals surface area contributed by atoms with Crippen molar-refractivity contribution in [2.45, 2.75) is 19.4 Å². The molecule has 0 unspecified atom stereocenters. The number of halogens is 1. The van der Waals surface area contributed by atoms with Crippen molar-refractivity contribution in [3.63, 3.8) is 0 Å². The minimum absolute atomic E-state index is 0.0199. The lowest BCUT2D eigenvalue weighted by Crippen LogP contribution is -2.39. The molecule has 1 aliphatic heterocycles. The maximum atomic E-state index is 12.3. The zero-order valence-electron chi connectivity index (χ0n) is 15.3. The van der Waals surface area contributed by atoms with Crippen molar-refractivity contribution in [2.75, 3.05) is 13.1 Å². The highest BCUT2D eigenvalue weighted by Gasteiger charge is 2.24. The fourth-order valence-corrected chi connectivity index (χ4v) is 3.27. The Hall–Kier alpha value is -2.77. The van der Waals surface area contributed by atoms with Crippen molar-refractivity contribution >= 4 is 29.4 Å². The number of nitrogens with one attached hydrogen (secondary N) is 1. The average molecular weight is 401 g/mol. The molecule has 7 nitrogen and oxygen atoms in total. The fraction of sp³-hybridized carbons (Fsp3) is 0.300. The molecule has 146 valence electrons. The maximum absolute atomic E-state index is 12.3. The molecule has 2 aromatic carbocycles. The third kappa shape index (κ3) is 5.61. The molecular formula is C20H21ClN4O3. The fourth-order valence-electron chi connectivity index (χ4n) is 3.15. The summed E-state index contributed by atoms with van der Waals surface area (Å²) in [6, 6.07) is 13.8. The van der Waals surface area contributed by atoms with Gasteiger partial charge in [-0.2, -0.15) is 5.10 Å². The highest BCUT2D eigenvalue weighted by atomic mass is 35.5. The van der Waals surface area contributed by atoms with E-state index in [9.17, 15) is 14.9 Å². The molecule has 8 heteroatoms. The molecule has 0 bridgehead atoms. The molecule has 1 N–H and O–H groups in total. The van der Waals surface area contributed by atoms with Crippen LogP contribution in [-0.2, 0) is 11.3 Å². The van der Waals surface area contributed by atoms with E-state index >= 15 is 0 Å². The Morgan fingerprint density at radius 2 is 1.82 bits per heavy atom. The molecule has 28 heavy (non-hydrogen) atoms. The molecule has 1 heterocycles. The first kappa shape index (κ1) is 20.0. The van der Waals surface area contributed by atoms with Gasteiger partial charge in [0.1, 0.15) is 0 Å². The largest absolute Gasteiger partial charge is 0.299 e. The number of benzene rings is 2. The van der Waals surface area contributed by atoms with Gasteiger partial charge >= 0.3 is 0 Å². The van der Waals surface area contributed by atoms with Crippen LogP contribution in [0.3, 0.4) is 0 Å². The Morgan fingerprint density at radius 3 is 2.43 bits per heavy atom. The van der Waals surface area contributed by atoms with E-state index < -0.39 is 4.92 Å². The minimum atomic E-state index is -0.456. The van der Waals surface area contributed by atoms with E-state index in [2.05, 4.69) is 15.4 Å². The summed E-state index contributed by atoms with van der Waals surface area (Å²) < 4.78 is 0. The van der Waals surface area contributed by atoms with Gasteiger partial charge in [0.15, 0.2) is 0 Å². The number of rotatable bonds is 6. The van der Waals surface area contributed by atoms with Gasteiger partial charge in [-0.15, -0.1) is 0 Å². The van der Waals surface area contributed by atoms with E-state index in [0.717, 1.165) is 37.5 Å². The van der Waals surface area contributed by atoms with Crippen LogP contribution in [0, 0.1) is 16.0 Å². The number of nitro groups is 1. The van der Waals surface area contributed by atoms with Crippen molar-refractivity contribution in [3.8, 4) is 0 Å². The Bertz CT molecular complexity index is 845. The van der Waals surface area contributed by atoms with E-state index in [0.29, 0.717) is 5.56 Å². The van der Waals surface area contributed by atoms with Gasteiger partial charge in [-0.25, -0.2) is 5.43 Å². The molecule has 1 fully saturated rings. The summed E-state index contributed by atoms with van der Waals surface area (Å²) in [6.45, 7) is 2.56. The molecule has 2 aromatic rings. The summed E-state index contributed by atoms with van der Waals surface area (Å²) in [5.41, 5.74) is 4.48. The van der Waals surface area contributed by atoms with Gasteiger partial charge in [-0.3, -0.25) is 19.8 Å². The van der Waals surface area contributed by atoms with Gasteiger partial charge in [-0.05, 0) is 61.3 Å². The normalized spacial score (nSPS) is 15.6. The average Bonchev–Trinajstić information content (AvgIpc) is 2.70. The van der Waals surface area contributed by atoms with Crippen LogP contribution in [0.1, 0.15) is 24.0 Å². The number of nitrogens with zero attached hydrogens (tertiary/aromatic N) is 3. The zero-order chi connectivity index (χ0) is 19.9. The number of non-ortho nitro benzene ring substituents is 1. The lowest BCUT2D eigenvalue weighted by atomic mass is 9.96. The predicted molar refractivity (Wildman–Crippen MR) is 108 cm³/mol. The Labute approximate surface area is 168 Å². The van der Waals surface area contributed by atoms with Gasteiger partial charge in [0, 0.05) is 29.6 Å². The van der Waals surface area contributed by atoms with Gasteiger partial charge in [0.05, 0.1) is 11.1 Å². The van der Waals surface area contributed by atoms with E-state index in [1.165, 1.54) is 23.9 Å². The van der Waals surface area contributed by atoms with E-state index in [-0.39, 0.29) is 17.5 Å². The van der Waals surface area contributed by atoms with Crippen LogP contribution in [0.2, 0.25) is 5.02 Å². The molecule has 1 aliphatic rings. The second-order valence-electron chi connectivity index (χ2n) is 6.76. The lowest BCUT2D eigenvalue weighted by molar-refractivity contribution is -0.384. The summed E-state index contributed by atoms with van der Waals surface area (Å²) >= 11 is 5.91. The first-order valence-corrected chi connectivity index (χ1v) is 9.43. The SMILES string of the molecule is O=C(N/N=C/c1ccc([N+](=O)[O-])cc1)C1CCN(Cc2ccc(Cl)cc2)CC1. The molecule has 0 aliphatic carbocycles. The number of likely N-dealkylation sites (tertiary alicyclic amines) is 1. The highest BCUT2D eigenvalue weighted by molar-refractivity contribution is 6.30. The Balaban J connectivity index is 1.43. The first-order valence-electron chi connectivity index (χ1n) is 9.05. The van der Waals surface area contributed by atoms with Crippen molar-refractivity contribution < 1.29 is 9.72 Å². The maximum Gasteiger partial charge on any atom is 0.269 e. The van der Waals surface area contributed by atoms with E-state index in [1.54, 1.807) is 12.1 Å². The van der Waals surface area contributed by atoms with E-state index in [1.807, 2.05) is 24.3 Å². The number of amides is 1. The van der Waals surface area contributed by atoms with Gasteiger partial charge in [0.25, 0.3) is 5.69 Å². The number of hydrazone groups is 1. The van der Waals surface area contributed by atoms with Crippen LogP contribution in [-0.4, -0.2) is 35.0 Å². The molecule has 0 aromatic heterocycles. The molecule has 3 rings (SSSR count). The number of carbonyl (C=O) groups excluding carboxylic acids is 1. The van der Waals surface area contributed by atoms with Crippen molar-refractivity contribution in [1.82, 2.24) is 10.3 Å². The Kier molecular flexibility index (Phi) is 6.73. The van der Waals surface area contributed by atoms with Crippen molar-refractivity contribution in [1.29, 1.82) is 0 Å². The third-order valence-corrected chi connectivity index (χ3v) is 5.02. The number of carbonyl (C=O) groups is 1. The van der Waals surface area contributed by atoms with E-state index in [4.69, 9.17) is 11.6 Å². The smallest absolute Gasteiger partial charge is 0.269 e. The van der Waals surface area contributed by atoms with Crippen LogP contribution in [0.15, 0.2) is 53.6 Å². The zero-order valence-corrected chi connectivity index (χ0v) is 16.0. The lowest BCUT2D eigenvalue weighted by Gasteiger charge is -2.30. The third-order valence-electron chi connectivity index (χ3n) is 4.77. The second kappa shape index (κ2) is 9.43. The standard InChI is InChI=1S/C20H21ClN4O3/c21-18-5-1-16(2-6-18)14-24-11-9-17(10-12-24)20(26)23-22-13-15-3-7-19(8-4-15)25(27)28/h1-8,13,17H,9-12,14H2,(H,23,26)/b22-13+.